The van der Waals surface area contributed by atoms with Gasteiger partial charge in [-0.15, -0.1) is 0 Å². The highest BCUT2D eigenvalue weighted by Crippen LogP contribution is 2.28. The van der Waals surface area contributed by atoms with Crippen molar-refractivity contribution in [2.45, 2.75) is 13.8 Å². The Balaban J connectivity index is 1.97. The van der Waals surface area contributed by atoms with Gasteiger partial charge in [0.1, 0.15) is 5.82 Å². The van der Waals surface area contributed by atoms with Crippen LogP contribution in [0.25, 0.3) is 10.9 Å². The molecule has 6 nitrogen and oxygen atoms in total. The minimum absolute atomic E-state index is 0.205. The molecule has 0 atom stereocenters. The first-order valence-corrected chi connectivity index (χ1v) is 8.10. The van der Waals surface area contributed by atoms with Crippen LogP contribution >= 0.6 is 0 Å². The highest BCUT2D eigenvalue weighted by molar-refractivity contribution is 6.54. The topological polar surface area (TPSA) is 67.6 Å². The lowest BCUT2D eigenvalue weighted by molar-refractivity contribution is -0.112. The van der Waals surface area contributed by atoms with Crippen molar-refractivity contribution in [3.8, 4) is 0 Å². The first kappa shape index (κ1) is 15.3. The summed E-state index contributed by atoms with van der Waals surface area (Å²) in [5.74, 6) is 0.236. The van der Waals surface area contributed by atoms with Crippen LogP contribution in [0.2, 0.25) is 0 Å². The molecule has 0 N–H and O–H groups in total. The van der Waals surface area contributed by atoms with E-state index < -0.39 is 0 Å². The summed E-state index contributed by atoms with van der Waals surface area (Å²) in [7, 11) is 0. The van der Waals surface area contributed by atoms with Gasteiger partial charge < -0.3 is 4.90 Å². The first-order valence-electron chi connectivity index (χ1n) is 8.10. The minimum Gasteiger partial charge on any atom is -0.307 e. The Morgan fingerprint density at radius 3 is 2.56 bits per heavy atom. The van der Waals surface area contributed by atoms with Crippen LogP contribution in [0.3, 0.4) is 0 Å². The number of para-hydroxylation sites is 2. The fraction of sp³-hybridized carbons (Fsp3) is 0.158. The molecule has 0 unspecified atom stereocenters. The van der Waals surface area contributed by atoms with E-state index in [4.69, 9.17) is 0 Å². The van der Waals surface area contributed by atoms with Crippen molar-refractivity contribution in [3.05, 3.63) is 70.3 Å². The number of aromatic nitrogens is 2. The number of rotatable bonds is 2. The Hall–Kier alpha value is -3.28. The van der Waals surface area contributed by atoms with E-state index in [9.17, 15) is 9.59 Å². The standard InChI is InChI=1S/C19H16N4O2/c1-3-22-16-11-7-5-9-14(16)17(19(22)25)21-23-12(2)20-15-10-6-4-8-13(15)18(23)24/h4-11H,3H2,1-2H3/b21-17-. The van der Waals surface area contributed by atoms with Crippen LogP contribution in [0.1, 0.15) is 18.3 Å². The van der Waals surface area contributed by atoms with Gasteiger partial charge in [0.15, 0.2) is 5.71 Å². The molecule has 1 aromatic heterocycles. The lowest BCUT2D eigenvalue weighted by Gasteiger charge is -2.13. The molecule has 124 valence electrons. The molecule has 0 fully saturated rings. The second kappa shape index (κ2) is 5.66. The van der Waals surface area contributed by atoms with Crippen LogP contribution in [-0.4, -0.2) is 27.8 Å². The summed E-state index contributed by atoms with van der Waals surface area (Å²) >= 11 is 0. The zero-order chi connectivity index (χ0) is 17.6. The third kappa shape index (κ3) is 2.26. The molecule has 2 aromatic carbocycles. The molecular formula is C19H16N4O2. The van der Waals surface area contributed by atoms with Gasteiger partial charge in [0.25, 0.3) is 11.5 Å². The van der Waals surface area contributed by atoms with Crippen molar-refractivity contribution >= 4 is 28.2 Å². The molecule has 0 aliphatic carbocycles. The highest BCUT2D eigenvalue weighted by Gasteiger charge is 2.33. The van der Waals surface area contributed by atoms with Crippen LogP contribution in [0, 0.1) is 6.92 Å². The van der Waals surface area contributed by atoms with Crippen LogP contribution in [0.5, 0.6) is 0 Å². The third-order valence-corrected chi connectivity index (χ3v) is 4.33. The highest BCUT2D eigenvalue weighted by atomic mass is 16.2. The maximum Gasteiger partial charge on any atom is 0.282 e. The fourth-order valence-electron chi connectivity index (χ4n) is 3.12. The number of aryl methyl sites for hydroxylation is 1. The average molecular weight is 332 g/mol. The normalized spacial score (nSPS) is 15.2. The van der Waals surface area contributed by atoms with Crippen molar-refractivity contribution in [1.82, 2.24) is 9.66 Å². The van der Waals surface area contributed by atoms with E-state index >= 15 is 0 Å². The largest absolute Gasteiger partial charge is 0.307 e. The van der Waals surface area contributed by atoms with E-state index in [1.807, 2.05) is 37.3 Å². The maximum absolute atomic E-state index is 12.8. The SMILES string of the molecule is CCN1C(=O)/C(=N\n2c(C)nc3ccccc3c2=O)c2ccccc21. The Kier molecular flexibility index (Phi) is 3.46. The summed E-state index contributed by atoms with van der Waals surface area (Å²) in [6, 6.07) is 14.6. The number of fused-ring (bicyclic) bond motifs is 2. The summed E-state index contributed by atoms with van der Waals surface area (Å²) < 4.78 is 1.21. The van der Waals surface area contributed by atoms with Crippen LogP contribution in [0.4, 0.5) is 5.69 Å². The third-order valence-electron chi connectivity index (χ3n) is 4.33. The van der Waals surface area contributed by atoms with Gasteiger partial charge in [-0.2, -0.15) is 9.78 Å². The van der Waals surface area contributed by atoms with E-state index in [2.05, 4.69) is 10.1 Å². The van der Waals surface area contributed by atoms with Crippen LogP contribution in [-0.2, 0) is 4.79 Å². The zero-order valence-corrected chi connectivity index (χ0v) is 13.9. The Bertz CT molecular complexity index is 1100. The monoisotopic (exact) mass is 332 g/mol. The van der Waals surface area contributed by atoms with Gasteiger partial charge in [-0.1, -0.05) is 30.3 Å². The van der Waals surface area contributed by atoms with E-state index in [0.29, 0.717) is 23.3 Å². The molecule has 3 aromatic rings. The molecule has 0 radical (unpaired) electrons. The minimum atomic E-state index is -0.282. The molecule has 6 heteroatoms. The summed E-state index contributed by atoms with van der Waals surface area (Å²) in [6.07, 6.45) is 0. The van der Waals surface area contributed by atoms with Gasteiger partial charge in [-0.3, -0.25) is 9.59 Å². The summed E-state index contributed by atoms with van der Waals surface area (Å²) in [4.78, 5) is 31.6. The molecule has 1 amide bonds. The Labute approximate surface area is 144 Å². The van der Waals surface area contributed by atoms with Crippen molar-refractivity contribution in [1.29, 1.82) is 0 Å². The predicted molar refractivity (Wildman–Crippen MR) is 97.1 cm³/mol. The molecule has 0 bridgehead atoms. The van der Waals surface area contributed by atoms with E-state index in [0.717, 1.165) is 11.3 Å². The first-order chi connectivity index (χ1) is 12.1. The number of amides is 1. The molecule has 0 saturated heterocycles. The number of carbonyl (C=O) groups excluding carboxylic acids is 1. The second-order valence-corrected chi connectivity index (χ2v) is 5.81. The van der Waals surface area contributed by atoms with Gasteiger partial charge in [0.05, 0.1) is 16.6 Å². The predicted octanol–water partition coefficient (Wildman–Crippen LogP) is 2.32. The number of carbonyl (C=O) groups is 1. The van der Waals surface area contributed by atoms with Gasteiger partial charge in [0, 0.05) is 12.1 Å². The quantitative estimate of drug-likeness (QED) is 0.723. The molecule has 25 heavy (non-hydrogen) atoms. The van der Waals surface area contributed by atoms with Crippen LogP contribution in [0.15, 0.2) is 58.4 Å². The molecule has 4 rings (SSSR count). The smallest absolute Gasteiger partial charge is 0.282 e. The second-order valence-electron chi connectivity index (χ2n) is 5.81. The summed E-state index contributed by atoms with van der Waals surface area (Å²) in [5.41, 5.74) is 2.15. The summed E-state index contributed by atoms with van der Waals surface area (Å²) in [6.45, 7) is 4.16. The van der Waals surface area contributed by atoms with Crippen molar-refractivity contribution in [2.24, 2.45) is 5.10 Å². The van der Waals surface area contributed by atoms with Gasteiger partial charge >= 0.3 is 0 Å². The van der Waals surface area contributed by atoms with Crippen LogP contribution < -0.4 is 10.5 Å². The lowest BCUT2D eigenvalue weighted by atomic mass is 10.1. The molecule has 1 aliphatic heterocycles. The lowest BCUT2D eigenvalue weighted by Crippen LogP contribution is -2.31. The number of hydrogen-bond acceptors (Lipinski definition) is 4. The van der Waals surface area contributed by atoms with Gasteiger partial charge in [0.2, 0.25) is 0 Å². The number of nitrogens with zero attached hydrogens (tertiary/aromatic N) is 4. The van der Waals surface area contributed by atoms with E-state index in [-0.39, 0.29) is 17.2 Å². The number of hydrogen-bond donors (Lipinski definition) is 0. The number of benzene rings is 2. The van der Waals surface area contributed by atoms with Crippen molar-refractivity contribution in [2.75, 3.05) is 11.4 Å². The Morgan fingerprint density at radius 1 is 1.04 bits per heavy atom. The summed E-state index contributed by atoms with van der Waals surface area (Å²) in [5, 5.41) is 4.87. The van der Waals surface area contributed by atoms with E-state index in [1.165, 1.54) is 4.68 Å². The van der Waals surface area contributed by atoms with Crippen molar-refractivity contribution in [3.63, 3.8) is 0 Å². The Morgan fingerprint density at radius 2 is 1.76 bits per heavy atom. The zero-order valence-electron chi connectivity index (χ0n) is 13.9. The number of anilines is 1. The average Bonchev–Trinajstić information content (AvgIpc) is 2.89. The number of likely N-dealkylation sites (N-methyl/N-ethyl adjacent to an activating group) is 1. The van der Waals surface area contributed by atoms with Gasteiger partial charge in [-0.05, 0) is 32.0 Å². The van der Waals surface area contributed by atoms with Gasteiger partial charge in [-0.25, -0.2) is 4.98 Å². The van der Waals surface area contributed by atoms with E-state index in [1.54, 1.807) is 30.0 Å². The molecular weight excluding hydrogens is 316 g/mol. The molecule has 2 heterocycles. The molecule has 0 saturated carbocycles. The maximum atomic E-state index is 12.8. The molecule has 0 spiro atoms. The van der Waals surface area contributed by atoms with Crippen molar-refractivity contribution < 1.29 is 4.79 Å². The fourth-order valence-corrected chi connectivity index (χ4v) is 3.12. The molecule has 1 aliphatic rings.